The lowest BCUT2D eigenvalue weighted by Gasteiger charge is -2.32. The van der Waals surface area contributed by atoms with E-state index in [4.69, 9.17) is 14.2 Å². The van der Waals surface area contributed by atoms with Gasteiger partial charge in [-0.25, -0.2) is 0 Å². The van der Waals surface area contributed by atoms with E-state index in [9.17, 15) is 4.79 Å². The van der Waals surface area contributed by atoms with E-state index in [1.165, 1.54) is 0 Å². The van der Waals surface area contributed by atoms with Crippen molar-refractivity contribution in [2.75, 3.05) is 13.7 Å². The average Bonchev–Trinajstić information content (AvgIpc) is 3.04. The standard InChI is InChI=1S/C38H34O4/c1-5-26-41-34-22-14-31(15-23-34)38(3,30-12-20-33(40-4)21-13-30)32-16-24-36(25-17-32)42-35-18-10-29(11-19-35)37(39)28-8-6-27(2)7-9-28/h5-25H,1,26H2,2-4H3. The van der Waals surface area contributed by atoms with E-state index < -0.39 is 5.41 Å². The van der Waals surface area contributed by atoms with Crippen molar-refractivity contribution in [3.05, 3.63) is 167 Å². The molecule has 0 aliphatic rings. The molecule has 0 saturated heterocycles. The van der Waals surface area contributed by atoms with E-state index in [2.05, 4.69) is 49.9 Å². The van der Waals surface area contributed by atoms with Crippen LogP contribution < -0.4 is 14.2 Å². The number of ketones is 1. The summed E-state index contributed by atoms with van der Waals surface area (Å²) in [5, 5.41) is 0. The molecule has 5 rings (SSSR count). The Morgan fingerprint density at radius 3 is 1.50 bits per heavy atom. The van der Waals surface area contributed by atoms with Gasteiger partial charge in [-0.05, 0) is 91.2 Å². The normalized spacial score (nSPS) is 12.2. The second-order valence-corrected chi connectivity index (χ2v) is 10.3. The minimum Gasteiger partial charge on any atom is -0.497 e. The Bertz CT molecular complexity index is 1630. The van der Waals surface area contributed by atoms with Gasteiger partial charge < -0.3 is 14.2 Å². The van der Waals surface area contributed by atoms with Gasteiger partial charge >= 0.3 is 0 Å². The molecule has 4 nitrogen and oxygen atoms in total. The zero-order chi connectivity index (χ0) is 29.5. The highest BCUT2D eigenvalue weighted by Gasteiger charge is 2.31. The third-order valence-corrected chi connectivity index (χ3v) is 7.56. The van der Waals surface area contributed by atoms with Gasteiger partial charge in [-0.3, -0.25) is 4.79 Å². The van der Waals surface area contributed by atoms with Crippen LogP contribution in [0.1, 0.15) is 45.1 Å². The smallest absolute Gasteiger partial charge is 0.193 e. The number of aryl methyl sites for hydroxylation is 1. The molecular weight excluding hydrogens is 520 g/mol. The van der Waals surface area contributed by atoms with Gasteiger partial charge in [0.05, 0.1) is 7.11 Å². The van der Waals surface area contributed by atoms with Gasteiger partial charge in [-0.2, -0.15) is 0 Å². The summed E-state index contributed by atoms with van der Waals surface area (Å²) >= 11 is 0. The van der Waals surface area contributed by atoms with Crippen molar-refractivity contribution in [3.8, 4) is 23.0 Å². The van der Waals surface area contributed by atoms with E-state index in [0.29, 0.717) is 29.2 Å². The van der Waals surface area contributed by atoms with Crippen LogP contribution in [0.25, 0.3) is 0 Å². The second kappa shape index (κ2) is 12.6. The minimum atomic E-state index is -0.445. The van der Waals surface area contributed by atoms with Gasteiger partial charge in [0.2, 0.25) is 0 Å². The molecule has 210 valence electrons. The molecule has 0 N–H and O–H groups in total. The Labute approximate surface area is 247 Å². The van der Waals surface area contributed by atoms with Crippen LogP contribution >= 0.6 is 0 Å². The van der Waals surface area contributed by atoms with E-state index >= 15 is 0 Å². The van der Waals surface area contributed by atoms with Crippen LogP contribution in [0.5, 0.6) is 23.0 Å². The fraction of sp³-hybridized carbons (Fsp3) is 0.132. The Morgan fingerprint density at radius 2 is 1.05 bits per heavy atom. The Hall–Kier alpha value is -5.09. The molecule has 0 spiro atoms. The average molecular weight is 555 g/mol. The molecule has 0 aliphatic carbocycles. The summed E-state index contributed by atoms with van der Waals surface area (Å²) in [6, 6.07) is 39.4. The van der Waals surface area contributed by atoms with E-state index in [1.54, 1.807) is 25.3 Å². The Kier molecular flexibility index (Phi) is 8.54. The summed E-state index contributed by atoms with van der Waals surface area (Å²) < 4.78 is 17.3. The van der Waals surface area contributed by atoms with Crippen LogP contribution in [-0.4, -0.2) is 19.5 Å². The van der Waals surface area contributed by atoms with Crippen molar-refractivity contribution in [2.45, 2.75) is 19.3 Å². The van der Waals surface area contributed by atoms with Gasteiger partial charge in [-0.1, -0.05) is 78.9 Å². The summed E-state index contributed by atoms with van der Waals surface area (Å²) in [4.78, 5) is 12.8. The number of ether oxygens (including phenoxy) is 3. The summed E-state index contributed by atoms with van der Waals surface area (Å²) in [6.45, 7) is 8.41. The number of carbonyl (C=O) groups is 1. The van der Waals surface area contributed by atoms with Gasteiger partial charge in [-0.15, -0.1) is 0 Å². The van der Waals surface area contributed by atoms with Crippen LogP contribution in [0.3, 0.4) is 0 Å². The van der Waals surface area contributed by atoms with Crippen LogP contribution in [0.2, 0.25) is 0 Å². The molecule has 0 radical (unpaired) electrons. The first kappa shape index (κ1) is 28.4. The first-order valence-corrected chi connectivity index (χ1v) is 13.9. The monoisotopic (exact) mass is 554 g/mol. The molecule has 0 fully saturated rings. The molecule has 0 bridgehead atoms. The third-order valence-electron chi connectivity index (χ3n) is 7.56. The van der Waals surface area contributed by atoms with Gasteiger partial charge in [0.25, 0.3) is 0 Å². The zero-order valence-electron chi connectivity index (χ0n) is 24.2. The molecule has 0 heterocycles. The highest BCUT2D eigenvalue weighted by Crippen LogP contribution is 2.41. The number of rotatable bonds is 11. The zero-order valence-corrected chi connectivity index (χ0v) is 24.2. The van der Waals surface area contributed by atoms with Crippen molar-refractivity contribution >= 4 is 5.78 Å². The van der Waals surface area contributed by atoms with E-state index in [-0.39, 0.29) is 5.78 Å². The molecule has 0 amide bonds. The van der Waals surface area contributed by atoms with Crippen LogP contribution in [0.4, 0.5) is 0 Å². The fourth-order valence-electron chi connectivity index (χ4n) is 5.00. The molecular formula is C38H34O4. The Morgan fingerprint density at radius 1 is 0.643 bits per heavy atom. The molecule has 0 saturated carbocycles. The molecule has 0 aliphatic heterocycles. The highest BCUT2D eigenvalue weighted by atomic mass is 16.5. The van der Waals surface area contributed by atoms with Crippen LogP contribution in [0, 0.1) is 6.92 Å². The van der Waals surface area contributed by atoms with E-state index in [1.807, 2.05) is 79.7 Å². The second-order valence-electron chi connectivity index (χ2n) is 10.3. The minimum absolute atomic E-state index is 0.0102. The first-order chi connectivity index (χ1) is 20.4. The quantitative estimate of drug-likeness (QED) is 0.0929. The molecule has 5 aromatic carbocycles. The van der Waals surface area contributed by atoms with Gasteiger partial charge in [0.15, 0.2) is 5.78 Å². The number of methoxy groups -OCH3 is 1. The number of benzene rings is 5. The topological polar surface area (TPSA) is 44.8 Å². The summed E-state index contributed by atoms with van der Waals surface area (Å²) in [6.07, 6.45) is 1.73. The van der Waals surface area contributed by atoms with Crippen molar-refractivity contribution in [1.29, 1.82) is 0 Å². The fourth-order valence-corrected chi connectivity index (χ4v) is 5.00. The van der Waals surface area contributed by atoms with E-state index in [0.717, 1.165) is 33.8 Å². The number of hydrogen-bond donors (Lipinski definition) is 0. The van der Waals surface area contributed by atoms with Gasteiger partial charge in [0.1, 0.15) is 29.6 Å². The molecule has 42 heavy (non-hydrogen) atoms. The lowest BCUT2D eigenvalue weighted by molar-refractivity contribution is 0.103. The number of hydrogen-bond acceptors (Lipinski definition) is 4. The maximum atomic E-state index is 12.8. The van der Waals surface area contributed by atoms with Crippen molar-refractivity contribution in [1.82, 2.24) is 0 Å². The highest BCUT2D eigenvalue weighted by molar-refractivity contribution is 6.09. The largest absolute Gasteiger partial charge is 0.497 e. The lowest BCUT2D eigenvalue weighted by atomic mass is 9.71. The van der Waals surface area contributed by atoms with Gasteiger partial charge in [0, 0.05) is 16.5 Å². The predicted molar refractivity (Wildman–Crippen MR) is 168 cm³/mol. The van der Waals surface area contributed by atoms with Crippen molar-refractivity contribution in [2.24, 2.45) is 0 Å². The summed E-state index contributed by atoms with van der Waals surface area (Å²) in [5.74, 6) is 2.97. The third kappa shape index (κ3) is 6.13. The maximum Gasteiger partial charge on any atom is 0.193 e. The van der Waals surface area contributed by atoms with Crippen LogP contribution in [-0.2, 0) is 5.41 Å². The molecule has 1 atom stereocenters. The molecule has 5 aromatic rings. The molecule has 1 unspecified atom stereocenters. The first-order valence-electron chi connectivity index (χ1n) is 13.9. The molecule has 0 aromatic heterocycles. The maximum absolute atomic E-state index is 12.8. The SMILES string of the molecule is C=CCOc1ccc(C(C)(c2ccc(OC)cc2)c2ccc(Oc3ccc(C(=O)c4ccc(C)cc4)cc3)cc2)cc1. The van der Waals surface area contributed by atoms with Crippen molar-refractivity contribution < 1.29 is 19.0 Å². The number of carbonyl (C=O) groups excluding carboxylic acids is 1. The summed E-state index contributed by atoms with van der Waals surface area (Å²) in [5.41, 5.74) is 5.34. The van der Waals surface area contributed by atoms with Crippen LogP contribution in [0.15, 0.2) is 134 Å². The lowest BCUT2D eigenvalue weighted by Crippen LogP contribution is -2.25. The predicted octanol–water partition coefficient (Wildman–Crippen LogP) is 8.95. The Balaban J connectivity index is 1.38. The van der Waals surface area contributed by atoms with Crippen molar-refractivity contribution in [3.63, 3.8) is 0 Å². The summed E-state index contributed by atoms with van der Waals surface area (Å²) in [7, 11) is 1.67. The molecule has 4 heteroatoms.